The van der Waals surface area contributed by atoms with Crippen molar-refractivity contribution < 1.29 is 9.84 Å². The molecule has 0 amide bonds. The fraction of sp³-hybridized carbons (Fsp3) is 0.625. The number of rotatable bonds is 2. The maximum absolute atomic E-state index is 10.8. The molecule has 2 aliphatic rings. The van der Waals surface area contributed by atoms with Gasteiger partial charge in [-0.05, 0) is 66.9 Å². The van der Waals surface area contributed by atoms with E-state index in [2.05, 4.69) is 15.9 Å². The largest absolute Gasteiger partial charge is 0.388 e. The average Bonchev–Trinajstić information content (AvgIpc) is 2.46. The Kier molecular flexibility index (Phi) is 5.22. The summed E-state index contributed by atoms with van der Waals surface area (Å²) in [6.45, 7) is 0.758. The zero-order valence-corrected chi connectivity index (χ0v) is 15.0. The molecule has 0 aromatic heterocycles. The minimum Gasteiger partial charge on any atom is -0.388 e. The molecule has 1 N–H and O–H groups in total. The van der Waals surface area contributed by atoms with E-state index in [4.69, 9.17) is 16.3 Å². The molecule has 1 spiro atoms. The van der Waals surface area contributed by atoms with Crippen LogP contribution in [0.25, 0.3) is 0 Å². The minimum atomic E-state index is -0.463. The second-order valence-electron chi connectivity index (χ2n) is 6.04. The molecule has 2 atom stereocenters. The van der Waals surface area contributed by atoms with Gasteiger partial charge in [0, 0.05) is 16.1 Å². The van der Waals surface area contributed by atoms with Crippen molar-refractivity contribution in [1.29, 1.82) is 0 Å². The van der Waals surface area contributed by atoms with Crippen molar-refractivity contribution in [2.45, 2.75) is 37.4 Å². The lowest BCUT2D eigenvalue weighted by molar-refractivity contribution is -0.121. The first-order chi connectivity index (χ1) is 10.1. The van der Waals surface area contributed by atoms with Gasteiger partial charge in [0.15, 0.2) is 0 Å². The fourth-order valence-corrected chi connectivity index (χ4v) is 5.57. The molecule has 1 aromatic carbocycles. The van der Waals surface area contributed by atoms with E-state index in [1.165, 1.54) is 11.5 Å². The second kappa shape index (κ2) is 6.79. The molecule has 3 rings (SSSR count). The third kappa shape index (κ3) is 3.78. The van der Waals surface area contributed by atoms with Gasteiger partial charge in [-0.25, -0.2) is 0 Å². The third-order valence-electron chi connectivity index (χ3n) is 4.61. The molecule has 0 saturated carbocycles. The van der Waals surface area contributed by atoms with Crippen LogP contribution in [0.15, 0.2) is 22.7 Å². The average molecular weight is 392 g/mol. The molecule has 0 bridgehead atoms. The van der Waals surface area contributed by atoms with Gasteiger partial charge in [0.1, 0.15) is 0 Å². The van der Waals surface area contributed by atoms with Gasteiger partial charge >= 0.3 is 0 Å². The highest BCUT2D eigenvalue weighted by Gasteiger charge is 2.41. The lowest BCUT2D eigenvalue weighted by Gasteiger charge is -2.44. The molecule has 5 heteroatoms. The van der Waals surface area contributed by atoms with Gasteiger partial charge in [-0.3, -0.25) is 0 Å². The summed E-state index contributed by atoms with van der Waals surface area (Å²) >= 11 is 11.6. The molecule has 2 unspecified atom stereocenters. The maximum atomic E-state index is 10.8. The Morgan fingerprint density at radius 2 is 2.10 bits per heavy atom. The van der Waals surface area contributed by atoms with Gasteiger partial charge in [-0.15, -0.1) is 0 Å². The molecule has 2 aliphatic heterocycles. The van der Waals surface area contributed by atoms with Crippen LogP contribution in [0.2, 0.25) is 5.02 Å². The first kappa shape index (κ1) is 16.1. The lowest BCUT2D eigenvalue weighted by atomic mass is 9.78. The Hall–Kier alpha value is 0.260. The van der Waals surface area contributed by atoms with Crippen LogP contribution in [0.5, 0.6) is 0 Å². The summed E-state index contributed by atoms with van der Waals surface area (Å²) in [5, 5.41) is 11.4. The van der Waals surface area contributed by atoms with E-state index < -0.39 is 6.10 Å². The van der Waals surface area contributed by atoms with Crippen LogP contribution in [0.4, 0.5) is 0 Å². The molecular formula is C16H20BrClO2S. The van der Waals surface area contributed by atoms with E-state index in [9.17, 15) is 5.11 Å². The van der Waals surface area contributed by atoms with Crippen molar-refractivity contribution in [2.75, 3.05) is 18.1 Å². The lowest BCUT2D eigenvalue weighted by Crippen LogP contribution is -2.44. The number of benzene rings is 1. The molecule has 1 aromatic rings. The van der Waals surface area contributed by atoms with Gasteiger partial charge in [0.25, 0.3) is 0 Å². The highest BCUT2D eigenvalue weighted by molar-refractivity contribution is 9.10. The van der Waals surface area contributed by atoms with Crippen LogP contribution >= 0.6 is 39.3 Å². The van der Waals surface area contributed by atoms with Crippen molar-refractivity contribution in [3.8, 4) is 0 Å². The molecule has 0 radical (unpaired) electrons. The quantitative estimate of drug-likeness (QED) is 0.783. The number of halogens is 2. The van der Waals surface area contributed by atoms with E-state index >= 15 is 0 Å². The van der Waals surface area contributed by atoms with Gasteiger partial charge in [-0.1, -0.05) is 27.5 Å². The topological polar surface area (TPSA) is 29.5 Å². The predicted molar refractivity (Wildman–Crippen MR) is 92.1 cm³/mol. The first-order valence-corrected chi connectivity index (χ1v) is 9.76. The monoisotopic (exact) mass is 390 g/mol. The van der Waals surface area contributed by atoms with Crippen molar-refractivity contribution in [3.63, 3.8) is 0 Å². The van der Waals surface area contributed by atoms with Gasteiger partial charge in [-0.2, -0.15) is 11.8 Å². The highest BCUT2D eigenvalue weighted by Crippen LogP contribution is 2.44. The molecular weight excluding hydrogens is 372 g/mol. The van der Waals surface area contributed by atoms with Crippen molar-refractivity contribution in [3.05, 3.63) is 33.3 Å². The van der Waals surface area contributed by atoms with Crippen molar-refractivity contribution in [2.24, 2.45) is 5.92 Å². The normalized spacial score (nSPS) is 26.7. The molecule has 0 aliphatic carbocycles. The van der Waals surface area contributed by atoms with Crippen LogP contribution in [-0.2, 0) is 4.74 Å². The molecule has 2 saturated heterocycles. The number of hydrogen-bond donors (Lipinski definition) is 1. The molecule has 2 heterocycles. The van der Waals surface area contributed by atoms with E-state index in [1.54, 1.807) is 0 Å². The predicted octanol–water partition coefficient (Wildman–Crippen LogP) is 4.83. The van der Waals surface area contributed by atoms with Gasteiger partial charge in [0.2, 0.25) is 0 Å². The summed E-state index contributed by atoms with van der Waals surface area (Å²) in [5.74, 6) is 2.60. The third-order valence-corrected chi connectivity index (χ3v) is 6.27. The summed E-state index contributed by atoms with van der Waals surface area (Å²) < 4.78 is 7.03. The Labute approximate surface area is 143 Å². The SMILES string of the molecule is OC(c1cc(Cl)cc(Br)c1)C1CCOC2(CCSCC2)C1. The van der Waals surface area contributed by atoms with Crippen molar-refractivity contribution in [1.82, 2.24) is 0 Å². The number of thioether (sulfide) groups is 1. The number of hydrogen-bond acceptors (Lipinski definition) is 3. The molecule has 116 valence electrons. The fourth-order valence-electron chi connectivity index (χ4n) is 3.45. The first-order valence-electron chi connectivity index (χ1n) is 7.44. The van der Waals surface area contributed by atoms with Crippen LogP contribution in [0.3, 0.4) is 0 Å². The van der Waals surface area contributed by atoms with Gasteiger partial charge in [0.05, 0.1) is 11.7 Å². The summed E-state index contributed by atoms with van der Waals surface area (Å²) in [5.41, 5.74) is 0.909. The second-order valence-corrected chi connectivity index (χ2v) is 8.62. The molecule has 2 nitrogen and oxygen atoms in total. The summed E-state index contributed by atoms with van der Waals surface area (Å²) in [7, 11) is 0. The van der Waals surface area contributed by atoms with E-state index in [0.717, 1.165) is 42.3 Å². The van der Waals surface area contributed by atoms with Crippen LogP contribution < -0.4 is 0 Å². The van der Waals surface area contributed by atoms with Gasteiger partial charge < -0.3 is 9.84 Å². The maximum Gasteiger partial charge on any atom is 0.0821 e. The minimum absolute atomic E-state index is 0.00491. The Morgan fingerprint density at radius 3 is 2.81 bits per heavy atom. The highest BCUT2D eigenvalue weighted by atomic mass is 79.9. The number of ether oxygens (including phenoxy) is 1. The van der Waals surface area contributed by atoms with Crippen molar-refractivity contribution >= 4 is 39.3 Å². The summed E-state index contributed by atoms with van der Waals surface area (Å²) in [6.07, 6.45) is 3.63. The van der Waals surface area contributed by atoms with E-state index in [-0.39, 0.29) is 11.5 Å². The Morgan fingerprint density at radius 1 is 1.33 bits per heavy atom. The number of aliphatic hydroxyl groups excluding tert-OH is 1. The zero-order chi connectivity index (χ0) is 14.9. The van der Waals surface area contributed by atoms with E-state index in [0.29, 0.717) is 5.02 Å². The Bertz CT molecular complexity index is 479. The standard InChI is InChI=1S/C16H20BrClO2S/c17-13-7-12(8-14(18)9-13)15(19)11-1-4-20-16(10-11)2-5-21-6-3-16/h7-9,11,15,19H,1-6,10H2. The van der Waals surface area contributed by atoms with Crippen LogP contribution in [-0.4, -0.2) is 28.8 Å². The summed E-state index contributed by atoms with van der Waals surface area (Å²) in [4.78, 5) is 0. The van der Waals surface area contributed by atoms with Crippen LogP contribution in [0.1, 0.15) is 37.4 Å². The smallest absolute Gasteiger partial charge is 0.0821 e. The molecule has 21 heavy (non-hydrogen) atoms. The van der Waals surface area contributed by atoms with Crippen LogP contribution in [0, 0.1) is 5.92 Å². The zero-order valence-electron chi connectivity index (χ0n) is 11.9. The van der Waals surface area contributed by atoms with E-state index in [1.807, 2.05) is 30.0 Å². The summed E-state index contributed by atoms with van der Waals surface area (Å²) in [6, 6.07) is 5.69. The Balaban J connectivity index is 1.76. The number of aliphatic hydroxyl groups is 1. The molecule has 2 fully saturated rings.